The summed E-state index contributed by atoms with van der Waals surface area (Å²) in [5.74, 6) is 0.175. The molecule has 0 fully saturated rings. The zero-order valence-corrected chi connectivity index (χ0v) is 13.7. The summed E-state index contributed by atoms with van der Waals surface area (Å²) in [5.41, 5.74) is 8.70. The Hall–Kier alpha value is -1.63. The lowest BCUT2D eigenvalue weighted by Gasteiger charge is -2.19. The Kier molecular flexibility index (Phi) is 3.84. The van der Waals surface area contributed by atoms with E-state index in [9.17, 15) is 4.39 Å². The maximum Gasteiger partial charge on any atom is 0.201 e. The summed E-state index contributed by atoms with van der Waals surface area (Å²) in [7, 11) is 0. The Morgan fingerprint density at radius 2 is 2.00 bits per heavy atom. The fraction of sp³-hybridized carbons (Fsp3) is 0.188. The fourth-order valence-corrected chi connectivity index (χ4v) is 3.13. The van der Waals surface area contributed by atoms with E-state index in [-0.39, 0.29) is 11.9 Å². The minimum Gasteiger partial charge on any atom is -0.369 e. The minimum atomic E-state index is -0.243. The molecule has 0 bridgehead atoms. The molecule has 21 heavy (non-hydrogen) atoms. The molecule has 0 radical (unpaired) electrons. The van der Waals surface area contributed by atoms with Gasteiger partial charge in [0, 0.05) is 6.07 Å². The summed E-state index contributed by atoms with van der Waals surface area (Å²) in [6, 6.07) is 13.4. The number of hydrogen-bond acceptors (Lipinski definition) is 2. The van der Waals surface area contributed by atoms with Crippen LogP contribution in [0.5, 0.6) is 0 Å². The molecule has 3 nitrogen and oxygen atoms in total. The first kappa shape index (κ1) is 14.3. The van der Waals surface area contributed by atoms with E-state index in [0.29, 0.717) is 9.52 Å². The van der Waals surface area contributed by atoms with E-state index in [1.165, 1.54) is 6.07 Å². The summed E-state index contributed by atoms with van der Waals surface area (Å²) in [4.78, 5) is 4.38. The molecule has 0 aliphatic rings. The minimum absolute atomic E-state index is 0.0515. The number of nitrogen functional groups attached to an aromatic ring is 1. The lowest BCUT2D eigenvalue weighted by atomic mass is 10.0. The second-order valence-corrected chi connectivity index (χ2v) is 6.09. The van der Waals surface area contributed by atoms with Crippen LogP contribution in [-0.2, 0) is 0 Å². The van der Waals surface area contributed by atoms with Crippen molar-refractivity contribution < 1.29 is 4.39 Å². The lowest BCUT2D eigenvalue weighted by molar-refractivity contribution is 0.585. The van der Waals surface area contributed by atoms with E-state index in [0.717, 1.165) is 23.0 Å². The zero-order chi connectivity index (χ0) is 15.0. The number of halogens is 2. The molecule has 1 atom stereocenters. The van der Waals surface area contributed by atoms with Gasteiger partial charge >= 0.3 is 0 Å². The monoisotopic (exact) mass is 395 g/mol. The highest BCUT2D eigenvalue weighted by Gasteiger charge is 2.19. The molecule has 2 aromatic carbocycles. The molecule has 5 heteroatoms. The van der Waals surface area contributed by atoms with E-state index in [2.05, 4.69) is 24.0 Å². The number of benzene rings is 2. The predicted molar refractivity (Wildman–Crippen MR) is 91.7 cm³/mol. The normalized spacial score (nSPS) is 12.7. The molecule has 108 valence electrons. The lowest BCUT2D eigenvalue weighted by Crippen LogP contribution is -2.12. The van der Waals surface area contributed by atoms with Crippen molar-refractivity contribution in [3.05, 3.63) is 57.4 Å². The Bertz CT molecular complexity index is 783. The van der Waals surface area contributed by atoms with E-state index >= 15 is 0 Å². The second-order valence-electron chi connectivity index (χ2n) is 4.93. The fourth-order valence-electron chi connectivity index (χ4n) is 2.68. The Balaban J connectivity index is 2.23. The van der Waals surface area contributed by atoms with Crippen molar-refractivity contribution in [2.24, 2.45) is 0 Å². The molecule has 0 saturated heterocycles. The van der Waals surface area contributed by atoms with Crippen LogP contribution in [-0.4, -0.2) is 9.55 Å². The van der Waals surface area contributed by atoms with Crippen LogP contribution in [0.4, 0.5) is 10.3 Å². The molecular weight excluding hydrogens is 380 g/mol. The first-order chi connectivity index (χ1) is 10.1. The number of hydrogen-bond donors (Lipinski definition) is 1. The van der Waals surface area contributed by atoms with Crippen LogP contribution in [0.2, 0.25) is 0 Å². The number of fused-ring (bicyclic) bond motifs is 1. The second kappa shape index (κ2) is 5.63. The van der Waals surface area contributed by atoms with Gasteiger partial charge in [0.15, 0.2) is 0 Å². The molecule has 0 amide bonds. The highest BCUT2D eigenvalue weighted by atomic mass is 127. The van der Waals surface area contributed by atoms with Crippen molar-refractivity contribution in [1.82, 2.24) is 9.55 Å². The summed E-state index contributed by atoms with van der Waals surface area (Å²) < 4.78 is 16.4. The Morgan fingerprint density at radius 3 is 2.67 bits per heavy atom. The molecule has 1 unspecified atom stereocenters. The molecule has 0 saturated carbocycles. The molecule has 3 rings (SSSR count). The van der Waals surface area contributed by atoms with Gasteiger partial charge < -0.3 is 10.3 Å². The molecule has 0 aliphatic heterocycles. The van der Waals surface area contributed by atoms with Gasteiger partial charge in [-0.3, -0.25) is 0 Å². The van der Waals surface area contributed by atoms with E-state index in [1.807, 2.05) is 45.4 Å². The molecule has 0 aliphatic carbocycles. The number of imidazole rings is 1. The van der Waals surface area contributed by atoms with Crippen LogP contribution in [0.25, 0.3) is 11.0 Å². The largest absolute Gasteiger partial charge is 0.369 e. The van der Waals surface area contributed by atoms with Crippen LogP contribution in [0.3, 0.4) is 0 Å². The van der Waals surface area contributed by atoms with Gasteiger partial charge in [-0.05, 0) is 40.6 Å². The third kappa shape index (κ3) is 2.50. The van der Waals surface area contributed by atoms with Crippen LogP contribution in [0, 0.1) is 9.39 Å². The molecule has 1 aromatic heterocycles. The summed E-state index contributed by atoms with van der Waals surface area (Å²) in [5, 5.41) is 0. The van der Waals surface area contributed by atoms with E-state index < -0.39 is 0 Å². The number of anilines is 1. The number of aromatic nitrogens is 2. The highest BCUT2D eigenvalue weighted by Crippen LogP contribution is 2.31. The molecule has 2 N–H and O–H groups in total. The predicted octanol–water partition coefficient (Wildman–Crippen LogP) is 4.36. The van der Waals surface area contributed by atoms with Gasteiger partial charge in [-0.2, -0.15) is 0 Å². The van der Waals surface area contributed by atoms with Crippen molar-refractivity contribution >= 4 is 39.6 Å². The van der Waals surface area contributed by atoms with E-state index in [1.54, 1.807) is 6.07 Å². The number of nitrogens with two attached hydrogens (primary N) is 1. The van der Waals surface area contributed by atoms with Crippen LogP contribution in [0.15, 0.2) is 42.5 Å². The SMILES string of the molecule is CCC(c1ccccc1)n1c(N)nc2cc(I)c(F)cc21. The van der Waals surface area contributed by atoms with E-state index in [4.69, 9.17) is 5.73 Å². The van der Waals surface area contributed by atoms with Gasteiger partial charge in [0.2, 0.25) is 5.95 Å². The smallest absolute Gasteiger partial charge is 0.201 e. The third-order valence-corrected chi connectivity index (χ3v) is 4.47. The molecular formula is C16H15FIN3. The number of nitrogens with zero attached hydrogens (tertiary/aromatic N) is 2. The summed E-state index contributed by atoms with van der Waals surface area (Å²) >= 11 is 1.97. The quantitative estimate of drug-likeness (QED) is 0.670. The van der Waals surface area contributed by atoms with Crippen molar-refractivity contribution in [2.75, 3.05) is 5.73 Å². The average Bonchev–Trinajstić information content (AvgIpc) is 2.78. The van der Waals surface area contributed by atoms with Gasteiger partial charge in [0.1, 0.15) is 5.82 Å². The first-order valence-electron chi connectivity index (χ1n) is 6.79. The Labute approximate surface area is 136 Å². The highest BCUT2D eigenvalue weighted by molar-refractivity contribution is 14.1. The first-order valence-corrected chi connectivity index (χ1v) is 7.87. The van der Waals surface area contributed by atoms with Gasteiger partial charge in [-0.25, -0.2) is 9.37 Å². The van der Waals surface area contributed by atoms with Gasteiger partial charge in [-0.1, -0.05) is 37.3 Å². The van der Waals surface area contributed by atoms with Crippen molar-refractivity contribution in [3.8, 4) is 0 Å². The van der Waals surface area contributed by atoms with Gasteiger partial charge in [-0.15, -0.1) is 0 Å². The number of rotatable bonds is 3. The topological polar surface area (TPSA) is 43.8 Å². The van der Waals surface area contributed by atoms with Crippen molar-refractivity contribution in [3.63, 3.8) is 0 Å². The van der Waals surface area contributed by atoms with Crippen molar-refractivity contribution in [2.45, 2.75) is 19.4 Å². The maximum absolute atomic E-state index is 13.9. The van der Waals surface area contributed by atoms with Gasteiger partial charge in [0.05, 0.1) is 20.6 Å². The van der Waals surface area contributed by atoms with Crippen LogP contribution >= 0.6 is 22.6 Å². The summed E-state index contributed by atoms with van der Waals surface area (Å²) in [6.45, 7) is 2.09. The third-order valence-electron chi connectivity index (χ3n) is 3.64. The zero-order valence-electron chi connectivity index (χ0n) is 11.6. The van der Waals surface area contributed by atoms with Crippen LogP contribution in [0.1, 0.15) is 24.9 Å². The standard InChI is InChI=1S/C16H15FIN3/c1-2-14(10-6-4-3-5-7-10)21-15-8-11(17)12(18)9-13(15)20-16(21)19/h3-9,14H,2H2,1H3,(H2,19,20). The molecule has 1 heterocycles. The molecule has 0 spiro atoms. The molecule has 3 aromatic rings. The van der Waals surface area contributed by atoms with Crippen LogP contribution < -0.4 is 5.73 Å². The average molecular weight is 395 g/mol. The van der Waals surface area contributed by atoms with Crippen molar-refractivity contribution in [1.29, 1.82) is 0 Å². The summed E-state index contributed by atoms with van der Waals surface area (Å²) in [6.07, 6.45) is 0.854. The maximum atomic E-state index is 13.9. The Morgan fingerprint density at radius 1 is 1.29 bits per heavy atom. The van der Waals surface area contributed by atoms with Gasteiger partial charge in [0.25, 0.3) is 0 Å².